The molecule has 0 fully saturated rings. The van der Waals surface area contributed by atoms with E-state index in [1.165, 1.54) is 25.3 Å². The van der Waals surface area contributed by atoms with Gasteiger partial charge >= 0.3 is 0 Å². The first-order chi connectivity index (χ1) is 5.27. The molecule has 3 heteroatoms. The second-order valence-electron chi connectivity index (χ2n) is 2.13. The summed E-state index contributed by atoms with van der Waals surface area (Å²) >= 11 is 0. The van der Waals surface area contributed by atoms with Crippen molar-refractivity contribution in [1.29, 1.82) is 0 Å². The zero-order valence-electron chi connectivity index (χ0n) is 6.17. The lowest BCUT2D eigenvalue weighted by Crippen LogP contribution is -1.90. The molecule has 2 nitrogen and oxygen atoms in total. The Hall–Kier alpha value is -1.09. The molecular weight excluding hydrogens is 147 g/mol. The van der Waals surface area contributed by atoms with Crippen LogP contribution in [0.4, 0.5) is 4.39 Å². The fraction of sp³-hybridized carbons (Fsp3) is 0.250. The molecule has 0 heterocycles. The van der Waals surface area contributed by atoms with E-state index in [0.717, 1.165) is 0 Å². The summed E-state index contributed by atoms with van der Waals surface area (Å²) in [5, 5.41) is 8.67. The van der Waals surface area contributed by atoms with Crippen LogP contribution in [0.2, 0.25) is 0 Å². The number of methoxy groups -OCH3 is 1. The van der Waals surface area contributed by atoms with Gasteiger partial charge in [0.1, 0.15) is 0 Å². The van der Waals surface area contributed by atoms with E-state index < -0.39 is 5.82 Å². The van der Waals surface area contributed by atoms with E-state index in [-0.39, 0.29) is 12.4 Å². The van der Waals surface area contributed by atoms with Gasteiger partial charge in [0.05, 0.1) is 13.7 Å². The molecule has 0 atom stereocenters. The van der Waals surface area contributed by atoms with Crippen LogP contribution in [0.1, 0.15) is 5.56 Å². The fourth-order valence-corrected chi connectivity index (χ4v) is 0.803. The molecule has 0 aliphatic carbocycles. The molecule has 1 N–H and O–H groups in total. The molecule has 0 aliphatic heterocycles. The van der Waals surface area contributed by atoms with Gasteiger partial charge in [-0.2, -0.15) is 0 Å². The van der Waals surface area contributed by atoms with E-state index in [4.69, 9.17) is 9.84 Å². The minimum atomic E-state index is -0.412. The standard InChI is InChI=1S/C8H9FO2/c1-11-8-4-6(5-10)2-3-7(8)9/h2-4,10H,5H2,1H3. The smallest absolute Gasteiger partial charge is 0.165 e. The quantitative estimate of drug-likeness (QED) is 0.699. The number of benzene rings is 1. The van der Waals surface area contributed by atoms with Crippen LogP contribution in [0.25, 0.3) is 0 Å². The minimum Gasteiger partial charge on any atom is -0.494 e. The summed E-state index contributed by atoms with van der Waals surface area (Å²) in [5.74, 6) is -0.249. The predicted octanol–water partition coefficient (Wildman–Crippen LogP) is 1.33. The molecule has 0 amide bonds. The van der Waals surface area contributed by atoms with Gasteiger partial charge in [-0.05, 0) is 17.7 Å². The molecule has 1 rings (SSSR count). The summed E-state index contributed by atoms with van der Waals surface area (Å²) in [4.78, 5) is 0. The Morgan fingerprint density at radius 1 is 1.55 bits per heavy atom. The summed E-state index contributed by atoms with van der Waals surface area (Å²) in [6.07, 6.45) is 0. The first-order valence-corrected chi connectivity index (χ1v) is 3.21. The molecule has 0 aliphatic rings. The molecule has 0 saturated heterocycles. The Balaban J connectivity index is 3.02. The number of hydrogen-bond acceptors (Lipinski definition) is 2. The summed E-state index contributed by atoms with van der Waals surface area (Å²) in [6, 6.07) is 4.25. The number of hydrogen-bond donors (Lipinski definition) is 1. The van der Waals surface area contributed by atoms with Crippen molar-refractivity contribution in [2.45, 2.75) is 6.61 Å². The molecule has 0 saturated carbocycles. The van der Waals surface area contributed by atoms with Gasteiger partial charge in [-0.1, -0.05) is 6.07 Å². The Morgan fingerprint density at radius 2 is 2.27 bits per heavy atom. The van der Waals surface area contributed by atoms with E-state index in [9.17, 15) is 4.39 Å². The van der Waals surface area contributed by atoms with E-state index in [0.29, 0.717) is 5.56 Å². The third-order valence-electron chi connectivity index (χ3n) is 1.40. The second-order valence-corrected chi connectivity index (χ2v) is 2.13. The average Bonchev–Trinajstić information content (AvgIpc) is 2.05. The van der Waals surface area contributed by atoms with Gasteiger partial charge in [-0.25, -0.2) is 4.39 Å². The molecule has 1 aromatic rings. The summed E-state index contributed by atoms with van der Waals surface area (Å²) < 4.78 is 17.4. The van der Waals surface area contributed by atoms with Crippen molar-refractivity contribution in [3.63, 3.8) is 0 Å². The number of ether oxygens (including phenoxy) is 1. The van der Waals surface area contributed by atoms with Gasteiger partial charge in [-0.3, -0.25) is 0 Å². The molecule has 0 spiro atoms. The van der Waals surface area contributed by atoms with Gasteiger partial charge in [0.2, 0.25) is 0 Å². The monoisotopic (exact) mass is 156 g/mol. The number of rotatable bonds is 2. The van der Waals surface area contributed by atoms with Crippen molar-refractivity contribution in [2.75, 3.05) is 7.11 Å². The van der Waals surface area contributed by atoms with Crippen LogP contribution in [0.5, 0.6) is 5.75 Å². The molecule has 0 bridgehead atoms. The summed E-state index contributed by atoms with van der Waals surface area (Å²) in [7, 11) is 1.39. The normalized spacial score (nSPS) is 9.73. The van der Waals surface area contributed by atoms with E-state index in [1.807, 2.05) is 0 Å². The fourth-order valence-electron chi connectivity index (χ4n) is 0.803. The van der Waals surface area contributed by atoms with Crippen molar-refractivity contribution in [3.05, 3.63) is 29.6 Å². The second kappa shape index (κ2) is 3.34. The minimum absolute atomic E-state index is 0.101. The molecule has 1 aromatic carbocycles. The largest absolute Gasteiger partial charge is 0.494 e. The van der Waals surface area contributed by atoms with Gasteiger partial charge in [0.15, 0.2) is 11.6 Å². The van der Waals surface area contributed by atoms with Crippen molar-refractivity contribution in [2.24, 2.45) is 0 Å². The Morgan fingerprint density at radius 3 is 2.82 bits per heavy atom. The summed E-state index contributed by atoms with van der Waals surface area (Å²) in [5.41, 5.74) is 0.642. The predicted molar refractivity (Wildman–Crippen MR) is 38.9 cm³/mol. The first-order valence-electron chi connectivity index (χ1n) is 3.21. The maximum Gasteiger partial charge on any atom is 0.165 e. The Kier molecular flexibility index (Phi) is 2.44. The highest BCUT2D eigenvalue weighted by atomic mass is 19.1. The van der Waals surface area contributed by atoms with Crippen LogP contribution in [0.15, 0.2) is 18.2 Å². The molecular formula is C8H9FO2. The molecule has 0 aromatic heterocycles. The number of aliphatic hydroxyl groups is 1. The first kappa shape index (κ1) is 8.01. The molecule has 0 unspecified atom stereocenters. The number of aliphatic hydroxyl groups excluding tert-OH is 1. The highest BCUT2D eigenvalue weighted by Gasteiger charge is 2.01. The molecule has 0 radical (unpaired) electrons. The molecule has 60 valence electrons. The zero-order chi connectivity index (χ0) is 8.27. The zero-order valence-corrected chi connectivity index (χ0v) is 6.17. The van der Waals surface area contributed by atoms with Crippen molar-refractivity contribution < 1.29 is 14.2 Å². The van der Waals surface area contributed by atoms with Gasteiger partial charge in [-0.15, -0.1) is 0 Å². The lowest BCUT2D eigenvalue weighted by Gasteiger charge is -2.02. The Bertz CT molecular complexity index is 248. The van der Waals surface area contributed by atoms with Crippen molar-refractivity contribution >= 4 is 0 Å². The highest BCUT2D eigenvalue weighted by Crippen LogP contribution is 2.17. The van der Waals surface area contributed by atoms with Gasteiger partial charge in [0, 0.05) is 0 Å². The average molecular weight is 156 g/mol. The van der Waals surface area contributed by atoms with Gasteiger partial charge < -0.3 is 9.84 Å². The summed E-state index contributed by atoms with van der Waals surface area (Å²) in [6.45, 7) is -0.101. The lowest BCUT2D eigenvalue weighted by atomic mass is 10.2. The maximum atomic E-state index is 12.7. The van der Waals surface area contributed by atoms with Crippen molar-refractivity contribution in [3.8, 4) is 5.75 Å². The topological polar surface area (TPSA) is 29.5 Å². The van der Waals surface area contributed by atoms with Crippen LogP contribution in [-0.2, 0) is 6.61 Å². The van der Waals surface area contributed by atoms with Crippen LogP contribution in [0, 0.1) is 5.82 Å². The van der Waals surface area contributed by atoms with E-state index >= 15 is 0 Å². The Labute approximate surface area is 64.2 Å². The van der Waals surface area contributed by atoms with Crippen molar-refractivity contribution in [1.82, 2.24) is 0 Å². The van der Waals surface area contributed by atoms with Crippen LogP contribution >= 0.6 is 0 Å². The van der Waals surface area contributed by atoms with E-state index in [2.05, 4.69) is 0 Å². The SMILES string of the molecule is COc1cc(CO)ccc1F. The van der Waals surface area contributed by atoms with Crippen LogP contribution in [0.3, 0.4) is 0 Å². The van der Waals surface area contributed by atoms with Crippen LogP contribution < -0.4 is 4.74 Å². The van der Waals surface area contributed by atoms with Crippen LogP contribution in [-0.4, -0.2) is 12.2 Å². The van der Waals surface area contributed by atoms with E-state index in [1.54, 1.807) is 0 Å². The molecule has 11 heavy (non-hydrogen) atoms. The maximum absolute atomic E-state index is 12.7. The number of halogens is 1. The lowest BCUT2D eigenvalue weighted by molar-refractivity contribution is 0.280. The van der Waals surface area contributed by atoms with Gasteiger partial charge in [0.25, 0.3) is 0 Å². The highest BCUT2D eigenvalue weighted by molar-refractivity contribution is 5.29. The third kappa shape index (κ3) is 1.68. The third-order valence-corrected chi connectivity index (χ3v) is 1.40.